The quantitative estimate of drug-likeness (QED) is 0.428. The number of cyclic esters (lactones) is 1. The molecule has 4 N–H and O–H groups in total. The van der Waals surface area contributed by atoms with E-state index in [-0.39, 0.29) is 17.1 Å². The van der Waals surface area contributed by atoms with Gasteiger partial charge in [-0.05, 0) is 31.4 Å². The molecule has 0 amide bonds. The topological polar surface area (TPSA) is 107 Å². The normalized spacial score (nSPS) is 28.3. The highest BCUT2D eigenvalue weighted by atomic mass is 16.5. The van der Waals surface area contributed by atoms with Crippen LogP contribution in [0.1, 0.15) is 42.1 Å². The van der Waals surface area contributed by atoms with Crippen molar-refractivity contribution in [2.45, 2.75) is 44.5 Å². The van der Waals surface area contributed by atoms with E-state index in [4.69, 9.17) is 4.74 Å². The predicted octanol–water partition coefficient (Wildman–Crippen LogP) is 2.12. The van der Waals surface area contributed by atoms with Gasteiger partial charge in [0.1, 0.15) is 23.2 Å². The number of aliphatic hydroxyl groups is 2. The Morgan fingerprint density at radius 1 is 1.17 bits per heavy atom. The number of phenolic OH excluding ortho intramolecular Hbond substituents is 2. The van der Waals surface area contributed by atoms with Crippen LogP contribution in [0.4, 0.5) is 0 Å². The van der Waals surface area contributed by atoms with Crippen LogP contribution in [0.2, 0.25) is 0 Å². The number of aliphatic hydroxyl groups excluding tert-OH is 2. The molecule has 2 rings (SSSR count). The smallest absolute Gasteiger partial charge is 0.342 e. The summed E-state index contributed by atoms with van der Waals surface area (Å²) in [6.07, 6.45) is 5.18. The largest absolute Gasteiger partial charge is 0.508 e. The fourth-order valence-electron chi connectivity index (χ4n) is 2.46. The molecule has 2 unspecified atom stereocenters. The van der Waals surface area contributed by atoms with Crippen molar-refractivity contribution in [1.29, 1.82) is 0 Å². The van der Waals surface area contributed by atoms with E-state index in [0.29, 0.717) is 24.8 Å². The Morgan fingerprint density at radius 3 is 2.67 bits per heavy atom. The Hall–Kier alpha value is -2.31. The number of benzene rings is 1. The first-order valence-corrected chi connectivity index (χ1v) is 7.84. The number of rotatable bonds is 0. The van der Waals surface area contributed by atoms with Gasteiger partial charge in [0.05, 0.1) is 12.2 Å². The first-order chi connectivity index (χ1) is 11.4. The van der Waals surface area contributed by atoms with Crippen LogP contribution in [-0.2, 0) is 4.74 Å². The molecule has 6 heteroatoms. The van der Waals surface area contributed by atoms with Gasteiger partial charge in [0.2, 0.25) is 0 Å². The van der Waals surface area contributed by atoms with Gasteiger partial charge in [0, 0.05) is 12.5 Å². The van der Waals surface area contributed by atoms with Crippen molar-refractivity contribution in [1.82, 2.24) is 0 Å². The minimum absolute atomic E-state index is 0.0162. The second-order valence-electron chi connectivity index (χ2n) is 5.85. The molecule has 24 heavy (non-hydrogen) atoms. The third kappa shape index (κ3) is 4.59. The molecule has 0 saturated heterocycles. The van der Waals surface area contributed by atoms with Crippen molar-refractivity contribution in [3.8, 4) is 11.5 Å². The molecule has 0 aromatic heterocycles. The summed E-state index contributed by atoms with van der Waals surface area (Å²) >= 11 is 0. The molecule has 0 spiro atoms. The van der Waals surface area contributed by atoms with E-state index in [1.165, 1.54) is 12.1 Å². The van der Waals surface area contributed by atoms with Crippen LogP contribution in [0, 0.1) is 0 Å². The molecular formula is C18H22O6. The van der Waals surface area contributed by atoms with Crippen molar-refractivity contribution in [2.24, 2.45) is 0 Å². The van der Waals surface area contributed by atoms with Crippen LogP contribution in [0.25, 0.3) is 6.08 Å². The summed E-state index contributed by atoms with van der Waals surface area (Å²) in [6.45, 7) is 1.68. The van der Waals surface area contributed by atoms with Gasteiger partial charge in [0.25, 0.3) is 0 Å². The number of aromatic hydroxyl groups is 2. The maximum Gasteiger partial charge on any atom is 0.342 e. The SMILES string of the molecule is C[C@H]1C/C=C/C(O)C(O)CC/C=C/c2cc(O)cc(O)c2C(=O)O1. The minimum Gasteiger partial charge on any atom is -0.508 e. The summed E-state index contributed by atoms with van der Waals surface area (Å²) in [5.74, 6) is -1.22. The monoisotopic (exact) mass is 334 g/mol. The zero-order chi connectivity index (χ0) is 17.7. The Balaban J connectivity index is 2.36. The number of carbonyl (C=O) groups is 1. The van der Waals surface area contributed by atoms with Crippen molar-refractivity contribution in [3.63, 3.8) is 0 Å². The van der Waals surface area contributed by atoms with Crippen molar-refractivity contribution < 1.29 is 30.0 Å². The third-order valence-corrected chi connectivity index (χ3v) is 3.77. The maximum absolute atomic E-state index is 12.3. The standard InChI is InChI=1S/C18H22O6/c1-11-5-4-8-15(21)14(20)7-3-2-6-12-9-13(19)10-16(22)17(12)18(23)24-11/h2,4,6,8-11,14-15,19-22H,3,5,7H2,1H3/b6-2+,8-4+/t11-,14?,15?/m0/s1. The third-order valence-electron chi connectivity index (χ3n) is 3.77. The molecule has 0 fully saturated rings. The summed E-state index contributed by atoms with van der Waals surface area (Å²) in [6, 6.07) is 2.44. The minimum atomic E-state index is -0.982. The highest BCUT2D eigenvalue weighted by Gasteiger charge is 2.20. The van der Waals surface area contributed by atoms with Gasteiger partial charge in [-0.3, -0.25) is 0 Å². The zero-order valence-electron chi connectivity index (χ0n) is 13.4. The number of ether oxygens (including phenoxy) is 1. The molecule has 1 aliphatic heterocycles. The summed E-state index contributed by atoms with van der Waals surface area (Å²) in [5.41, 5.74) is 0.310. The predicted molar refractivity (Wildman–Crippen MR) is 88.7 cm³/mol. The van der Waals surface area contributed by atoms with Gasteiger partial charge in [-0.15, -0.1) is 0 Å². The molecule has 0 bridgehead atoms. The average molecular weight is 334 g/mol. The second-order valence-corrected chi connectivity index (χ2v) is 5.85. The Bertz CT molecular complexity index is 649. The number of fused-ring (bicyclic) bond motifs is 1. The van der Waals surface area contributed by atoms with E-state index >= 15 is 0 Å². The number of allylic oxidation sites excluding steroid dienone is 1. The molecule has 130 valence electrons. The highest BCUT2D eigenvalue weighted by molar-refractivity contribution is 5.97. The summed E-state index contributed by atoms with van der Waals surface area (Å²) in [4.78, 5) is 12.3. The van der Waals surface area contributed by atoms with E-state index in [0.717, 1.165) is 6.07 Å². The number of phenols is 2. The van der Waals surface area contributed by atoms with E-state index < -0.39 is 24.3 Å². The van der Waals surface area contributed by atoms with E-state index in [9.17, 15) is 25.2 Å². The number of esters is 1. The van der Waals surface area contributed by atoms with Crippen molar-refractivity contribution >= 4 is 12.0 Å². The fourth-order valence-corrected chi connectivity index (χ4v) is 2.46. The lowest BCUT2D eigenvalue weighted by molar-refractivity contribution is 0.0337. The number of hydrogen-bond donors (Lipinski definition) is 4. The molecule has 1 aromatic rings. The molecule has 1 aromatic carbocycles. The molecular weight excluding hydrogens is 312 g/mol. The van der Waals surface area contributed by atoms with E-state index in [1.54, 1.807) is 25.2 Å². The lowest BCUT2D eigenvalue weighted by atomic mass is 10.0. The molecule has 0 saturated carbocycles. The van der Waals surface area contributed by atoms with Crippen LogP contribution < -0.4 is 0 Å². The second kappa shape index (κ2) is 7.99. The lowest BCUT2D eigenvalue weighted by Crippen LogP contribution is -2.23. The molecule has 1 heterocycles. The van der Waals surface area contributed by atoms with Gasteiger partial charge in [-0.2, -0.15) is 0 Å². The molecule has 6 nitrogen and oxygen atoms in total. The molecule has 0 radical (unpaired) electrons. The Labute approximate surface area is 140 Å². The van der Waals surface area contributed by atoms with E-state index in [1.807, 2.05) is 0 Å². The maximum atomic E-state index is 12.3. The molecule has 1 aliphatic rings. The van der Waals surface area contributed by atoms with Crippen molar-refractivity contribution in [2.75, 3.05) is 0 Å². The average Bonchev–Trinajstić information content (AvgIpc) is 2.49. The van der Waals surface area contributed by atoms with Crippen LogP contribution in [0.3, 0.4) is 0 Å². The Morgan fingerprint density at radius 2 is 1.92 bits per heavy atom. The van der Waals surface area contributed by atoms with Crippen LogP contribution in [0.15, 0.2) is 30.4 Å². The first kappa shape index (κ1) is 18.0. The van der Waals surface area contributed by atoms with Gasteiger partial charge in [-0.1, -0.05) is 24.3 Å². The Kier molecular flexibility index (Phi) is 6.00. The summed E-state index contributed by atoms with van der Waals surface area (Å²) in [5, 5.41) is 39.3. The lowest BCUT2D eigenvalue weighted by Gasteiger charge is -2.16. The zero-order valence-corrected chi connectivity index (χ0v) is 13.4. The van der Waals surface area contributed by atoms with Gasteiger partial charge >= 0.3 is 5.97 Å². The van der Waals surface area contributed by atoms with Crippen LogP contribution in [-0.4, -0.2) is 44.7 Å². The van der Waals surface area contributed by atoms with Gasteiger partial charge in [0.15, 0.2) is 0 Å². The van der Waals surface area contributed by atoms with E-state index in [2.05, 4.69) is 0 Å². The molecule has 0 aliphatic carbocycles. The summed E-state index contributed by atoms with van der Waals surface area (Å²) < 4.78 is 5.29. The highest BCUT2D eigenvalue weighted by Crippen LogP contribution is 2.29. The van der Waals surface area contributed by atoms with Gasteiger partial charge < -0.3 is 25.2 Å². The van der Waals surface area contributed by atoms with Crippen molar-refractivity contribution in [3.05, 3.63) is 41.5 Å². The first-order valence-electron chi connectivity index (χ1n) is 7.84. The fraction of sp³-hybridized carbons (Fsp3) is 0.389. The number of hydrogen-bond acceptors (Lipinski definition) is 6. The van der Waals surface area contributed by atoms with Gasteiger partial charge in [-0.25, -0.2) is 4.79 Å². The number of carbonyl (C=O) groups excluding carboxylic acids is 1. The van der Waals surface area contributed by atoms with Crippen LogP contribution >= 0.6 is 0 Å². The molecule has 3 atom stereocenters. The van der Waals surface area contributed by atoms with Crippen LogP contribution in [0.5, 0.6) is 11.5 Å². The summed E-state index contributed by atoms with van der Waals surface area (Å²) in [7, 11) is 0.